The van der Waals surface area contributed by atoms with E-state index in [0.29, 0.717) is 18.5 Å². The zero-order valence-corrected chi connectivity index (χ0v) is 19.9. The minimum Gasteiger partial charge on any atom is -0.354 e. The third-order valence-corrected chi connectivity index (χ3v) is 6.13. The van der Waals surface area contributed by atoms with Crippen molar-refractivity contribution in [2.24, 2.45) is 0 Å². The lowest BCUT2D eigenvalue weighted by atomic mass is 10.1. The zero-order chi connectivity index (χ0) is 25.5. The van der Waals surface area contributed by atoms with Crippen LogP contribution in [0.15, 0.2) is 48.5 Å². The monoisotopic (exact) mass is 494 g/mol. The minimum absolute atomic E-state index is 0.0603. The second-order valence-corrected chi connectivity index (χ2v) is 9.57. The number of non-ortho nitro benzene ring substituents is 1. The van der Waals surface area contributed by atoms with E-state index in [4.69, 9.17) is 0 Å². The molecule has 0 saturated carbocycles. The van der Waals surface area contributed by atoms with Gasteiger partial charge in [0, 0.05) is 25.2 Å². The molecule has 0 bridgehead atoms. The largest absolute Gasteiger partial charge is 0.354 e. The summed E-state index contributed by atoms with van der Waals surface area (Å²) in [7, 11) is -4.01. The second kappa shape index (κ2) is 11.5. The topological polar surface area (TPSA) is 130 Å². The Morgan fingerprint density at radius 3 is 2.38 bits per heavy atom. The number of carbonyl (C=O) groups is 2. The maximum Gasteiger partial charge on any atom is 0.271 e. The van der Waals surface area contributed by atoms with E-state index in [9.17, 15) is 32.5 Å². The first-order valence-corrected chi connectivity index (χ1v) is 12.3. The number of halogens is 1. The van der Waals surface area contributed by atoms with E-state index in [-0.39, 0.29) is 17.9 Å². The van der Waals surface area contributed by atoms with Crippen LogP contribution in [0.2, 0.25) is 0 Å². The third-order valence-electron chi connectivity index (χ3n) is 4.99. The smallest absolute Gasteiger partial charge is 0.271 e. The molecule has 0 aliphatic carbocycles. The van der Waals surface area contributed by atoms with Crippen LogP contribution >= 0.6 is 0 Å². The third kappa shape index (κ3) is 7.24. The maximum absolute atomic E-state index is 13.3. The first kappa shape index (κ1) is 26.7. The molecule has 1 N–H and O–H groups in total. The van der Waals surface area contributed by atoms with Gasteiger partial charge in [-0.2, -0.15) is 0 Å². The van der Waals surface area contributed by atoms with Gasteiger partial charge in [0.15, 0.2) is 0 Å². The number of amides is 2. The lowest BCUT2D eigenvalue weighted by Gasteiger charge is -2.31. The maximum atomic E-state index is 13.3. The summed E-state index contributed by atoms with van der Waals surface area (Å²) in [5.41, 5.74) is 0.134. The molecule has 0 spiro atoms. The molecule has 0 aromatic heterocycles. The fraction of sp³-hybridized carbons (Fsp3) is 0.364. The van der Waals surface area contributed by atoms with Crippen LogP contribution < -0.4 is 9.62 Å². The quantitative estimate of drug-likeness (QED) is 0.377. The summed E-state index contributed by atoms with van der Waals surface area (Å²) in [4.78, 5) is 37.5. The molecule has 0 saturated heterocycles. The highest BCUT2D eigenvalue weighted by atomic mass is 32.2. The van der Waals surface area contributed by atoms with Crippen molar-refractivity contribution < 1.29 is 27.3 Å². The number of sulfonamides is 1. The van der Waals surface area contributed by atoms with Crippen LogP contribution in [0, 0.1) is 15.9 Å². The van der Waals surface area contributed by atoms with Crippen LogP contribution in [-0.4, -0.2) is 55.4 Å². The number of nitro groups is 1. The lowest BCUT2D eigenvalue weighted by molar-refractivity contribution is -0.384. The standard InChI is InChI=1S/C22H27FN4O6S/c1-4-12-24-22(29)16(2)25(14-17-8-10-18(23)11-9-17)21(28)15-26(34(3,32)33)19-6-5-7-20(13-19)27(30)31/h5-11,13,16H,4,12,14-15H2,1-3H3,(H,24,29)/t16-/m1/s1. The van der Waals surface area contributed by atoms with Crippen molar-refractivity contribution in [3.63, 3.8) is 0 Å². The highest BCUT2D eigenvalue weighted by Crippen LogP contribution is 2.24. The van der Waals surface area contributed by atoms with Crippen LogP contribution in [0.5, 0.6) is 0 Å². The van der Waals surface area contributed by atoms with Crippen molar-refractivity contribution in [2.45, 2.75) is 32.9 Å². The molecule has 2 aromatic rings. The molecule has 2 aromatic carbocycles. The number of benzene rings is 2. The molecule has 0 aliphatic rings. The summed E-state index contributed by atoms with van der Waals surface area (Å²) in [6.45, 7) is 3.00. The lowest BCUT2D eigenvalue weighted by Crippen LogP contribution is -2.51. The molecule has 2 rings (SSSR count). The normalized spacial score (nSPS) is 12.0. The Kier molecular flexibility index (Phi) is 9.07. The van der Waals surface area contributed by atoms with Crippen molar-refractivity contribution in [2.75, 3.05) is 23.7 Å². The van der Waals surface area contributed by atoms with Gasteiger partial charge in [-0.05, 0) is 37.1 Å². The molecule has 0 fully saturated rings. The van der Waals surface area contributed by atoms with Crippen molar-refractivity contribution in [3.05, 3.63) is 70.0 Å². The molecule has 184 valence electrons. The summed E-state index contributed by atoms with van der Waals surface area (Å²) in [6, 6.07) is 9.29. The van der Waals surface area contributed by atoms with Crippen LogP contribution in [0.25, 0.3) is 0 Å². The van der Waals surface area contributed by atoms with Crippen LogP contribution in [0.3, 0.4) is 0 Å². The molecular formula is C22H27FN4O6S. The molecule has 34 heavy (non-hydrogen) atoms. The molecule has 10 nitrogen and oxygen atoms in total. The van der Waals surface area contributed by atoms with E-state index < -0.39 is 45.2 Å². The number of nitro benzene ring substituents is 1. The molecule has 0 radical (unpaired) electrons. The fourth-order valence-electron chi connectivity index (χ4n) is 3.14. The Morgan fingerprint density at radius 2 is 1.82 bits per heavy atom. The summed E-state index contributed by atoms with van der Waals surface area (Å²) >= 11 is 0. The van der Waals surface area contributed by atoms with E-state index in [1.54, 1.807) is 0 Å². The number of anilines is 1. The van der Waals surface area contributed by atoms with Gasteiger partial charge in [-0.3, -0.25) is 24.0 Å². The van der Waals surface area contributed by atoms with Gasteiger partial charge in [-0.15, -0.1) is 0 Å². The highest BCUT2D eigenvalue weighted by molar-refractivity contribution is 7.92. The van der Waals surface area contributed by atoms with Crippen molar-refractivity contribution in [1.82, 2.24) is 10.2 Å². The number of hydrogen-bond donors (Lipinski definition) is 1. The summed E-state index contributed by atoms with van der Waals surface area (Å²) in [5, 5.41) is 13.8. The Morgan fingerprint density at radius 1 is 1.18 bits per heavy atom. The zero-order valence-electron chi connectivity index (χ0n) is 19.1. The van der Waals surface area contributed by atoms with Gasteiger partial charge in [0.2, 0.25) is 21.8 Å². The van der Waals surface area contributed by atoms with Gasteiger partial charge in [0.25, 0.3) is 5.69 Å². The number of hydrogen-bond acceptors (Lipinski definition) is 6. The minimum atomic E-state index is -4.01. The fourth-order valence-corrected chi connectivity index (χ4v) is 3.98. The first-order valence-electron chi connectivity index (χ1n) is 10.5. The molecule has 2 amide bonds. The Labute approximate surface area is 197 Å². The molecule has 0 unspecified atom stereocenters. The average molecular weight is 495 g/mol. The van der Waals surface area contributed by atoms with Crippen molar-refractivity contribution in [3.8, 4) is 0 Å². The van der Waals surface area contributed by atoms with Crippen molar-refractivity contribution >= 4 is 33.2 Å². The Hall–Kier alpha value is -3.54. The predicted octanol–water partition coefficient (Wildman–Crippen LogP) is 2.44. The number of nitrogens with zero attached hydrogens (tertiary/aromatic N) is 3. The predicted molar refractivity (Wildman–Crippen MR) is 125 cm³/mol. The average Bonchev–Trinajstić information content (AvgIpc) is 2.79. The van der Waals surface area contributed by atoms with E-state index in [1.807, 2.05) is 6.92 Å². The van der Waals surface area contributed by atoms with E-state index in [0.717, 1.165) is 16.6 Å². The van der Waals surface area contributed by atoms with Crippen LogP contribution in [-0.2, 0) is 26.2 Å². The second-order valence-electron chi connectivity index (χ2n) is 7.66. The summed E-state index contributed by atoms with van der Waals surface area (Å²) < 4.78 is 39.0. The van der Waals surface area contributed by atoms with Gasteiger partial charge < -0.3 is 10.2 Å². The van der Waals surface area contributed by atoms with E-state index in [2.05, 4.69) is 5.32 Å². The Balaban J connectivity index is 2.40. The first-order chi connectivity index (χ1) is 15.9. The molecule has 0 heterocycles. The summed E-state index contributed by atoms with van der Waals surface area (Å²) in [5.74, 6) is -1.61. The van der Waals surface area contributed by atoms with E-state index >= 15 is 0 Å². The molecule has 12 heteroatoms. The number of rotatable bonds is 11. The molecular weight excluding hydrogens is 467 g/mol. The van der Waals surface area contributed by atoms with Gasteiger partial charge in [0.05, 0.1) is 16.9 Å². The van der Waals surface area contributed by atoms with E-state index in [1.165, 1.54) is 54.3 Å². The van der Waals surface area contributed by atoms with Gasteiger partial charge >= 0.3 is 0 Å². The Bertz CT molecular complexity index is 1140. The van der Waals surface area contributed by atoms with Crippen LogP contribution in [0.4, 0.5) is 15.8 Å². The SMILES string of the molecule is CCCNC(=O)[C@@H](C)N(Cc1ccc(F)cc1)C(=O)CN(c1cccc([N+](=O)[O-])c1)S(C)(=O)=O. The molecule has 0 aliphatic heterocycles. The summed E-state index contributed by atoms with van der Waals surface area (Å²) in [6.07, 6.45) is 1.56. The molecule has 1 atom stereocenters. The van der Waals surface area contributed by atoms with Crippen molar-refractivity contribution in [1.29, 1.82) is 0 Å². The number of carbonyl (C=O) groups excluding carboxylic acids is 2. The van der Waals surface area contributed by atoms with Gasteiger partial charge in [-0.25, -0.2) is 12.8 Å². The van der Waals surface area contributed by atoms with Crippen LogP contribution in [0.1, 0.15) is 25.8 Å². The van der Waals surface area contributed by atoms with Gasteiger partial charge in [-0.1, -0.05) is 25.1 Å². The highest BCUT2D eigenvalue weighted by Gasteiger charge is 2.30. The number of nitrogens with one attached hydrogen (secondary N) is 1. The van der Waals surface area contributed by atoms with Gasteiger partial charge in [0.1, 0.15) is 18.4 Å².